The summed E-state index contributed by atoms with van der Waals surface area (Å²) in [4.78, 5) is 15.0. The van der Waals surface area contributed by atoms with Gasteiger partial charge in [-0.15, -0.1) is 0 Å². The van der Waals surface area contributed by atoms with Crippen molar-refractivity contribution in [1.29, 1.82) is 0 Å². The second kappa shape index (κ2) is 7.41. The van der Waals surface area contributed by atoms with Crippen molar-refractivity contribution in [2.24, 2.45) is 0 Å². The molecule has 2 heterocycles. The molecule has 3 aromatic rings. The quantitative estimate of drug-likeness (QED) is 0.543. The second-order valence-corrected chi connectivity index (χ2v) is 7.52. The van der Waals surface area contributed by atoms with E-state index in [4.69, 9.17) is 0 Å². The summed E-state index contributed by atoms with van der Waals surface area (Å²) >= 11 is 0. The molecule has 0 amide bonds. The Hall–Kier alpha value is -2.64. The number of rotatable bonds is 5. The lowest BCUT2D eigenvalue weighted by atomic mass is 9.98. The molecule has 2 aromatic carbocycles. The van der Waals surface area contributed by atoms with Crippen molar-refractivity contribution in [1.82, 2.24) is 14.9 Å². The number of H-pyrrole nitrogens is 1. The van der Waals surface area contributed by atoms with Crippen LogP contribution in [0.4, 0.5) is 4.39 Å². The predicted molar refractivity (Wildman–Crippen MR) is 105 cm³/mol. The molecule has 4 N–H and O–H groups in total. The number of aliphatic hydroxyl groups excluding tert-OH is 1. The van der Waals surface area contributed by atoms with Crippen molar-refractivity contribution in [3.05, 3.63) is 63.8 Å². The number of nitrogens with one attached hydrogen (secondary N) is 2. The molecule has 0 bridgehead atoms. The SMILES string of the molecule is CC(CCc1cccc(F)c1O)NC1CCn2c(=O)[nH]c3cccc(c32)C1O. The number of aryl methyl sites for hydroxylation is 2. The number of para-hydroxylation sites is 2. The van der Waals surface area contributed by atoms with Crippen molar-refractivity contribution >= 4 is 11.0 Å². The Morgan fingerprint density at radius 1 is 1.32 bits per heavy atom. The van der Waals surface area contributed by atoms with E-state index in [9.17, 15) is 19.4 Å². The minimum absolute atomic E-state index is 0.0391. The first-order valence-electron chi connectivity index (χ1n) is 9.57. The molecule has 3 atom stereocenters. The van der Waals surface area contributed by atoms with E-state index < -0.39 is 11.9 Å². The number of halogens is 1. The van der Waals surface area contributed by atoms with Gasteiger partial charge in [-0.2, -0.15) is 0 Å². The first kappa shape index (κ1) is 18.7. The molecule has 0 spiro atoms. The third-order valence-electron chi connectivity index (χ3n) is 5.60. The van der Waals surface area contributed by atoms with Crippen molar-refractivity contribution in [3.8, 4) is 5.75 Å². The highest BCUT2D eigenvalue weighted by Crippen LogP contribution is 2.30. The molecule has 0 saturated heterocycles. The van der Waals surface area contributed by atoms with Gasteiger partial charge in [-0.05, 0) is 43.9 Å². The number of aliphatic hydroxyl groups is 1. The van der Waals surface area contributed by atoms with E-state index in [0.29, 0.717) is 31.4 Å². The summed E-state index contributed by atoms with van der Waals surface area (Å²) in [6.07, 6.45) is 1.07. The lowest BCUT2D eigenvalue weighted by molar-refractivity contribution is 0.119. The van der Waals surface area contributed by atoms with Gasteiger partial charge in [-0.25, -0.2) is 9.18 Å². The normalized spacial score (nSPS) is 20.2. The zero-order chi connectivity index (χ0) is 19.8. The molecular formula is C21H24FN3O3. The van der Waals surface area contributed by atoms with E-state index in [-0.39, 0.29) is 23.5 Å². The van der Waals surface area contributed by atoms with Crippen LogP contribution in [0.2, 0.25) is 0 Å². The van der Waals surface area contributed by atoms with Gasteiger partial charge in [0.05, 0.1) is 17.1 Å². The maximum atomic E-state index is 13.5. The fourth-order valence-electron chi connectivity index (χ4n) is 4.10. The number of imidazole rings is 1. The van der Waals surface area contributed by atoms with Crippen LogP contribution in [0.1, 0.15) is 37.0 Å². The highest BCUT2D eigenvalue weighted by Gasteiger charge is 2.29. The molecule has 0 radical (unpaired) electrons. The first-order chi connectivity index (χ1) is 13.5. The fraction of sp³-hybridized carbons (Fsp3) is 0.381. The van der Waals surface area contributed by atoms with E-state index in [1.807, 2.05) is 25.1 Å². The van der Waals surface area contributed by atoms with Crippen LogP contribution in [0.15, 0.2) is 41.2 Å². The average Bonchev–Trinajstić information content (AvgIpc) is 2.93. The van der Waals surface area contributed by atoms with Crippen molar-refractivity contribution in [3.63, 3.8) is 0 Å². The van der Waals surface area contributed by atoms with Gasteiger partial charge in [0.15, 0.2) is 11.6 Å². The molecule has 28 heavy (non-hydrogen) atoms. The van der Waals surface area contributed by atoms with Crippen LogP contribution >= 0.6 is 0 Å². The summed E-state index contributed by atoms with van der Waals surface area (Å²) in [5, 5.41) is 24.2. The van der Waals surface area contributed by atoms with Crippen LogP contribution in [0.3, 0.4) is 0 Å². The zero-order valence-electron chi connectivity index (χ0n) is 15.7. The second-order valence-electron chi connectivity index (χ2n) is 7.52. The van der Waals surface area contributed by atoms with E-state index in [1.165, 1.54) is 6.07 Å². The standard InChI is InChI=1S/C21H24FN3O3/c1-12(8-9-13-4-2-6-15(22)19(13)26)23-17-10-11-25-18-14(20(17)27)5-3-7-16(18)24-21(25)28/h2-7,12,17,20,23,26-27H,8-11H2,1H3,(H,24,28). The molecule has 0 aliphatic carbocycles. The molecule has 0 fully saturated rings. The molecule has 0 saturated carbocycles. The molecule has 1 aliphatic rings. The number of nitrogens with zero attached hydrogens (tertiary/aromatic N) is 1. The molecular weight excluding hydrogens is 361 g/mol. The highest BCUT2D eigenvalue weighted by molar-refractivity contribution is 5.79. The molecule has 3 unspecified atom stereocenters. The van der Waals surface area contributed by atoms with Crippen LogP contribution in [0.25, 0.3) is 11.0 Å². The smallest absolute Gasteiger partial charge is 0.326 e. The number of benzene rings is 2. The summed E-state index contributed by atoms with van der Waals surface area (Å²) in [7, 11) is 0. The van der Waals surface area contributed by atoms with Crippen LogP contribution < -0.4 is 11.0 Å². The largest absolute Gasteiger partial charge is 0.505 e. The van der Waals surface area contributed by atoms with Crippen molar-refractivity contribution < 1.29 is 14.6 Å². The number of phenolic OH excluding ortho intramolecular Hbond substituents is 1. The van der Waals surface area contributed by atoms with Gasteiger partial charge in [0.2, 0.25) is 0 Å². The average molecular weight is 385 g/mol. The monoisotopic (exact) mass is 385 g/mol. The minimum Gasteiger partial charge on any atom is -0.505 e. The summed E-state index contributed by atoms with van der Waals surface area (Å²) in [6, 6.07) is 9.89. The maximum absolute atomic E-state index is 13.5. The van der Waals surface area contributed by atoms with Gasteiger partial charge in [0, 0.05) is 24.2 Å². The molecule has 6 nitrogen and oxygen atoms in total. The number of aromatic hydroxyl groups is 1. The van der Waals surface area contributed by atoms with Crippen molar-refractivity contribution in [2.45, 2.75) is 50.9 Å². The third kappa shape index (κ3) is 3.31. The van der Waals surface area contributed by atoms with Crippen LogP contribution in [0.5, 0.6) is 5.75 Å². The van der Waals surface area contributed by atoms with E-state index in [1.54, 1.807) is 16.7 Å². The number of aromatic amines is 1. The van der Waals surface area contributed by atoms with E-state index in [0.717, 1.165) is 16.6 Å². The maximum Gasteiger partial charge on any atom is 0.326 e. The molecule has 7 heteroatoms. The highest BCUT2D eigenvalue weighted by atomic mass is 19.1. The third-order valence-corrected chi connectivity index (χ3v) is 5.60. The van der Waals surface area contributed by atoms with Gasteiger partial charge in [-0.3, -0.25) is 4.57 Å². The molecule has 1 aromatic heterocycles. The van der Waals surface area contributed by atoms with Gasteiger partial charge < -0.3 is 20.5 Å². The number of phenols is 1. The number of hydrogen-bond donors (Lipinski definition) is 4. The molecule has 4 rings (SSSR count). The lowest BCUT2D eigenvalue weighted by Gasteiger charge is -2.26. The van der Waals surface area contributed by atoms with E-state index in [2.05, 4.69) is 10.3 Å². The molecule has 148 valence electrons. The fourth-order valence-corrected chi connectivity index (χ4v) is 4.10. The topological polar surface area (TPSA) is 90.3 Å². The van der Waals surface area contributed by atoms with E-state index >= 15 is 0 Å². The Morgan fingerprint density at radius 3 is 2.93 bits per heavy atom. The Labute approximate surface area is 161 Å². The first-order valence-corrected chi connectivity index (χ1v) is 9.57. The van der Waals surface area contributed by atoms with Gasteiger partial charge in [-0.1, -0.05) is 24.3 Å². The van der Waals surface area contributed by atoms with Crippen LogP contribution in [-0.4, -0.2) is 31.8 Å². The van der Waals surface area contributed by atoms with Crippen LogP contribution in [-0.2, 0) is 13.0 Å². The lowest BCUT2D eigenvalue weighted by Crippen LogP contribution is -2.41. The summed E-state index contributed by atoms with van der Waals surface area (Å²) in [5.41, 5.74) is 2.64. The summed E-state index contributed by atoms with van der Waals surface area (Å²) < 4.78 is 15.2. The van der Waals surface area contributed by atoms with Crippen molar-refractivity contribution in [2.75, 3.05) is 0 Å². The van der Waals surface area contributed by atoms with Gasteiger partial charge in [0.25, 0.3) is 0 Å². The van der Waals surface area contributed by atoms with Gasteiger partial charge >= 0.3 is 5.69 Å². The Bertz CT molecular complexity index is 1060. The minimum atomic E-state index is -0.738. The Morgan fingerprint density at radius 2 is 2.11 bits per heavy atom. The van der Waals surface area contributed by atoms with Crippen LogP contribution in [0, 0.1) is 5.82 Å². The summed E-state index contributed by atoms with van der Waals surface area (Å²) in [6.45, 7) is 2.52. The zero-order valence-corrected chi connectivity index (χ0v) is 15.7. The summed E-state index contributed by atoms with van der Waals surface area (Å²) in [5.74, 6) is -0.910. The molecule has 1 aliphatic heterocycles. The number of hydrogen-bond acceptors (Lipinski definition) is 4. The Balaban J connectivity index is 1.48. The Kier molecular flexibility index (Phi) is 4.95. The predicted octanol–water partition coefficient (Wildman–Crippen LogP) is 2.59. The number of aromatic nitrogens is 2. The van der Waals surface area contributed by atoms with Gasteiger partial charge in [0.1, 0.15) is 0 Å².